The van der Waals surface area contributed by atoms with Crippen molar-refractivity contribution in [3.8, 4) is 0 Å². The number of halogens is 4. The summed E-state index contributed by atoms with van der Waals surface area (Å²) in [5.41, 5.74) is -1.73. The number of nitrogens with one attached hydrogen (secondary N) is 2. The zero-order chi connectivity index (χ0) is 17.9. The third kappa shape index (κ3) is 4.06. The molecule has 0 fully saturated rings. The Morgan fingerprint density at radius 2 is 2.00 bits per heavy atom. The van der Waals surface area contributed by atoms with Crippen molar-refractivity contribution in [3.05, 3.63) is 46.8 Å². The van der Waals surface area contributed by atoms with Gasteiger partial charge < -0.3 is 10.4 Å². The minimum atomic E-state index is -4.70. The largest absolute Gasteiger partial charge is 0.475 e. The fourth-order valence-corrected chi connectivity index (χ4v) is 1.77. The summed E-state index contributed by atoms with van der Waals surface area (Å²) in [4.78, 5) is 26.0. The average Bonchev–Trinajstić information content (AvgIpc) is 2.95. The normalized spacial score (nSPS) is 11.3. The molecule has 0 aliphatic rings. The van der Waals surface area contributed by atoms with Crippen LogP contribution in [-0.4, -0.2) is 38.7 Å². The van der Waals surface area contributed by atoms with Crippen LogP contribution in [0.1, 0.15) is 32.4 Å². The molecule has 1 aromatic heterocycles. The van der Waals surface area contributed by atoms with E-state index in [4.69, 9.17) is 5.11 Å². The summed E-state index contributed by atoms with van der Waals surface area (Å²) < 4.78 is 50.9. The summed E-state index contributed by atoms with van der Waals surface area (Å²) in [6, 6.07) is 1.59. The molecule has 0 saturated heterocycles. The molecule has 24 heavy (non-hydrogen) atoms. The zero-order valence-corrected chi connectivity index (χ0v) is 11.8. The molecular weight excluding hydrogens is 336 g/mol. The molecule has 11 heteroatoms. The Kier molecular flexibility index (Phi) is 4.81. The number of rotatable bonds is 5. The number of H-pyrrole nitrogens is 1. The molecule has 1 heterocycles. The van der Waals surface area contributed by atoms with Gasteiger partial charge in [0.25, 0.3) is 11.7 Å². The standard InChI is InChI=1S/C13H10F4N4O3/c14-8-5-6(13(15,16)17)1-2-7(8)11(22)18-4-3-9-19-10(12(23)24)21-20-9/h1-2,5H,3-4H2,(H,18,22)(H,23,24)(H,19,20,21). The highest BCUT2D eigenvalue weighted by atomic mass is 19.4. The van der Waals surface area contributed by atoms with Gasteiger partial charge in [-0.15, -0.1) is 5.10 Å². The van der Waals surface area contributed by atoms with Crippen LogP contribution in [0.3, 0.4) is 0 Å². The number of hydrogen-bond donors (Lipinski definition) is 3. The van der Waals surface area contributed by atoms with Crippen molar-refractivity contribution in [2.24, 2.45) is 0 Å². The summed E-state index contributed by atoms with van der Waals surface area (Å²) in [7, 11) is 0. The molecule has 0 radical (unpaired) electrons. The molecule has 0 saturated carbocycles. The van der Waals surface area contributed by atoms with E-state index in [1.54, 1.807) is 0 Å². The van der Waals surface area contributed by atoms with Gasteiger partial charge in [0, 0.05) is 13.0 Å². The van der Waals surface area contributed by atoms with E-state index in [1.165, 1.54) is 0 Å². The van der Waals surface area contributed by atoms with E-state index in [-0.39, 0.29) is 24.9 Å². The highest BCUT2D eigenvalue weighted by Crippen LogP contribution is 2.30. The smallest absolute Gasteiger partial charge is 0.416 e. The number of nitrogens with zero attached hydrogens (tertiary/aromatic N) is 2. The van der Waals surface area contributed by atoms with Crippen molar-refractivity contribution in [1.29, 1.82) is 0 Å². The molecule has 1 amide bonds. The molecule has 0 spiro atoms. The molecule has 3 N–H and O–H groups in total. The molecule has 0 aliphatic carbocycles. The number of carboxylic acids is 1. The number of aromatic carboxylic acids is 1. The third-order valence-corrected chi connectivity index (χ3v) is 2.91. The maximum Gasteiger partial charge on any atom is 0.416 e. The van der Waals surface area contributed by atoms with Gasteiger partial charge in [0.1, 0.15) is 11.6 Å². The Balaban J connectivity index is 1.96. The fourth-order valence-electron chi connectivity index (χ4n) is 1.77. The van der Waals surface area contributed by atoms with Gasteiger partial charge in [-0.3, -0.25) is 9.89 Å². The number of hydrogen-bond acceptors (Lipinski definition) is 4. The second kappa shape index (κ2) is 6.64. The van der Waals surface area contributed by atoms with Gasteiger partial charge in [0.15, 0.2) is 0 Å². The number of amides is 1. The van der Waals surface area contributed by atoms with Gasteiger partial charge in [0.05, 0.1) is 11.1 Å². The lowest BCUT2D eigenvalue weighted by Crippen LogP contribution is -2.27. The van der Waals surface area contributed by atoms with Crippen LogP contribution in [0, 0.1) is 5.82 Å². The number of aromatic nitrogens is 3. The Morgan fingerprint density at radius 3 is 2.54 bits per heavy atom. The summed E-state index contributed by atoms with van der Waals surface area (Å²) in [5.74, 6) is -3.78. The minimum absolute atomic E-state index is 0.0481. The molecule has 2 rings (SSSR count). The van der Waals surface area contributed by atoms with Gasteiger partial charge in [0.2, 0.25) is 0 Å². The first-order valence-electron chi connectivity index (χ1n) is 6.48. The molecule has 1 aromatic carbocycles. The zero-order valence-electron chi connectivity index (χ0n) is 11.8. The molecule has 2 aromatic rings. The van der Waals surface area contributed by atoms with Crippen molar-refractivity contribution in [2.75, 3.05) is 6.54 Å². The first kappa shape index (κ1) is 17.4. The lowest BCUT2D eigenvalue weighted by molar-refractivity contribution is -0.137. The maximum absolute atomic E-state index is 13.6. The first-order valence-corrected chi connectivity index (χ1v) is 6.48. The number of aromatic amines is 1. The van der Waals surface area contributed by atoms with Crippen LogP contribution >= 0.6 is 0 Å². The predicted molar refractivity (Wildman–Crippen MR) is 70.8 cm³/mol. The Morgan fingerprint density at radius 1 is 1.29 bits per heavy atom. The van der Waals surface area contributed by atoms with Crippen LogP contribution in [0.15, 0.2) is 18.2 Å². The first-order chi connectivity index (χ1) is 11.2. The minimum Gasteiger partial charge on any atom is -0.475 e. The van der Waals surface area contributed by atoms with Gasteiger partial charge >= 0.3 is 12.1 Å². The van der Waals surface area contributed by atoms with Crippen molar-refractivity contribution in [1.82, 2.24) is 20.5 Å². The highest BCUT2D eigenvalue weighted by Gasteiger charge is 2.31. The maximum atomic E-state index is 13.6. The lowest BCUT2D eigenvalue weighted by atomic mass is 10.1. The Bertz CT molecular complexity index is 773. The molecule has 0 unspecified atom stereocenters. The van der Waals surface area contributed by atoms with E-state index in [0.29, 0.717) is 6.07 Å². The van der Waals surface area contributed by atoms with Crippen LogP contribution in [0.4, 0.5) is 17.6 Å². The van der Waals surface area contributed by atoms with Crippen LogP contribution in [-0.2, 0) is 12.6 Å². The highest BCUT2D eigenvalue weighted by molar-refractivity contribution is 5.94. The van der Waals surface area contributed by atoms with Crippen LogP contribution in [0.5, 0.6) is 0 Å². The summed E-state index contributed by atoms with van der Waals surface area (Å²) in [6.45, 7) is -0.0481. The number of benzene rings is 1. The molecule has 0 atom stereocenters. The molecular formula is C13H10F4N4O3. The third-order valence-electron chi connectivity index (χ3n) is 2.91. The number of carbonyl (C=O) groups excluding carboxylic acids is 1. The number of carbonyl (C=O) groups is 2. The second-order valence-corrected chi connectivity index (χ2v) is 4.61. The molecule has 0 aliphatic heterocycles. The molecule has 0 bridgehead atoms. The number of carboxylic acid groups (broad SMARTS) is 1. The van der Waals surface area contributed by atoms with E-state index in [0.717, 1.165) is 6.07 Å². The quantitative estimate of drug-likeness (QED) is 0.713. The summed E-state index contributed by atoms with van der Waals surface area (Å²) in [6.07, 6.45) is -4.63. The SMILES string of the molecule is O=C(O)c1n[nH]c(CCNC(=O)c2ccc(C(F)(F)F)cc2F)n1. The average molecular weight is 346 g/mol. The van der Waals surface area contributed by atoms with Crippen molar-refractivity contribution < 1.29 is 32.3 Å². The van der Waals surface area contributed by atoms with E-state index < -0.39 is 40.8 Å². The van der Waals surface area contributed by atoms with Crippen LogP contribution < -0.4 is 5.32 Å². The lowest BCUT2D eigenvalue weighted by Gasteiger charge is -2.09. The monoisotopic (exact) mass is 346 g/mol. The van der Waals surface area contributed by atoms with E-state index in [1.807, 2.05) is 0 Å². The van der Waals surface area contributed by atoms with Crippen LogP contribution in [0.25, 0.3) is 0 Å². The second-order valence-electron chi connectivity index (χ2n) is 4.61. The molecule has 7 nitrogen and oxygen atoms in total. The predicted octanol–water partition coefficient (Wildman–Crippen LogP) is 1.63. The van der Waals surface area contributed by atoms with Crippen molar-refractivity contribution in [2.45, 2.75) is 12.6 Å². The van der Waals surface area contributed by atoms with Crippen LogP contribution in [0.2, 0.25) is 0 Å². The summed E-state index contributed by atoms with van der Waals surface area (Å²) in [5, 5.41) is 16.7. The topological polar surface area (TPSA) is 108 Å². The number of alkyl halides is 3. The van der Waals surface area contributed by atoms with Gasteiger partial charge in [-0.1, -0.05) is 0 Å². The summed E-state index contributed by atoms with van der Waals surface area (Å²) >= 11 is 0. The van der Waals surface area contributed by atoms with E-state index in [2.05, 4.69) is 20.5 Å². The van der Waals surface area contributed by atoms with Crippen molar-refractivity contribution in [3.63, 3.8) is 0 Å². The van der Waals surface area contributed by atoms with Gasteiger partial charge in [-0.05, 0) is 18.2 Å². The fraction of sp³-hybridized carbons (Fsp3) is 0.231. The Labute approximate surface area is 131 Å². The van der Waals surface area contributed by atoms with Gasteiger partial charge in [-0.2, -0.15) is 13.2 Å². The molecule has 128 valence electrons. The van der Waals surface area contributed by atoms with E-state index >= 15 is 0 Å². The van der Waals surface area contributed by atoms with Crippen molar-refractivity contribution >= 4 is 11.9 Å². The van der Waals surface area contributed by atoms with Gasteiger partial charge in [-0.25, -0.2) is 14.2 Å². The van der Waals surface area contributed by atoms with E-state index in [9.17, 15) is 27.2 Å². The Hall–Kier alpha value is -2.98.